The largest absolute Gasteiger partial charge is 0.283 e. The Labute approximate surface area is 138 Å². The van der Waals surface area contributed by atoms with E-state index >= 15 is 0 Å². The lowest BCUT2D eigenvalue weighted by Crippen LogP contribution is -2.16. The van der Waals surface area contributed by atoms with Crippen LogP contribution in [0.1, 0.15) is 14.5 Å². The molecule has 0 radical (unpaired) electrons. The SMILES string of the molecule is O=C(N/N=C\c1cccs1)c1sc2cc(Cl)ccc2c1Cl. The van der Waals surface area contributed by atoms with Crippen LogP contribution in [-0.2, 0) is 0 Å². The summed E-state index contributed by atoms with van der Waals surface area (Å²) in [6, 6.07) is 9.18. The van der Waals surface area contributed by atoms with Gasteiger partial charge in [-0.05, 0) is 23.6 Å². The molecule has 3 rings (SSSR count). The van der Waals surface area contributed by atoms with Gasteiger partial charge < -0.3 is 0 Å². The van der Waals surface area contributed by atoms with Gasteiger partial charge in [-0.15, -0.1) is 22.7 Å². The lowest BCUT2D eigenvalue weighted by atomic mass is 10.2. The predicted octanol–water partition coefficient (Wildman–Crippen LogP) is 5.03. The molecule has 3 aromatic rings. The first-order chi connectivity index (χ1) is 10.1. The van der Waals surface area contributed by atoms with E-state index in [9.17, 15) is 4.79 Å². The molecule has 0 unspecified atom stereocenters. The fourth-order valence-electron chi connectivity index (χ4n) is 1.76. The van der Waals surface area contributed by atoms with Crippen molar-refractivity contribution in [3.8, 4) is 0 Å². The molecule has 0 atom stereocenters. The number of nitrogens with zero attached hydrogens (tertiary/aromatic N) is 1. The zero-order valence-electron chi connectivity index (χ0n) is 10.5. The summed E-state index contributed by atoms with van der Waals surface area (Å²) < 4.78 is 0.875. The average molecular weight is 355 g/mol. The van der Waals surface area contributed by atoms with Crippen molar-refractivity contribution in [1.29, 1.82) is 0 Å². The number of carbonyl (C=O) groups is 1. The van der Waals surface area contributed by atoms with E-state index in [-0.39, 0.29) is 5.91 Å². The first-order valence-corrected chi connectivity index (χ1v) is 8.35. The molecule has 0 spiro atoms. The third-order valence-electron chi connectivity index (χ3n) is 2.70. The molecule has 0 saturated carbocycles. The Morgan fingerprint density at radius 2 is 2.14 bits per heavy atom. The van der Waals surface area contributed by atoms with E-state index in [1.54, 1.807) is 29.7 Å². The van der Waals surface area contributed by atoms with E-state index in [2.05, 4.69) is 10.5 Å². The summed E-state index contributed by atoms with van der Waals surface area (Å²) in [6.45, 7) is 0. The molecule has 0 aliphatic rings. The van der Waals surface area contributed by atoms with Crippen LogP contribution in [0.15, 0.2) is 40.8 Å². The topological polar surface area (TPSA) is 41.5 Å². The summed E-state index contributed by atoms with van der Waals surface area (Å²) in [5.74, 6) is -0.329. The van der Waals surface area contributed by atoms with E-state index in [0.717, 1.165) is 15.0 Å². The van der Waals surface area contributed by atoms with Crippen molar-refractivity contribution < 1.29 is 4.79 Å². The molecule has 0 aliphatic heterocycles. The number of hydrogen-bond donors (Lipinski definition) is 1. The highest BCUT2D eigenvalue weighted by molar-refractivity contribution is 7.21. The van der Waals surface area contributed by atoms with Crippen molar-refractivity contribution in [2.45, 2.75) is 0 Å². The van der Waals surface area contributed by atoms with Gasteiger partial charge in [0.1, 0.15) is 4.88 Å². The Morgan fingerprint density at radius 1 is 1.29 bits per heavy atom. The highest BCUT2D eigenvalue weighted by atomic mass is 35.5. The van der Waals surface area contributed by atoms with Crippen molar-refractivity contribution in [1.82, 2.24) is 5.43 Å². The van der Waals surface area contributed by atoms with Crippen molar-refractivity contribution in [2.75, 3.05) is 0 Å². The zero-order chi connectivity index (χ0) is 14.8. The van der Waals surface area contributed by atoms with Crippen LogP contribution in [0.4, 0.5) is 0 Å². The lowest BCUT2D eigenvalue weighted by molar-refractivity contribution is 0.0959. The molecule has 1 N–H and O–H groups in total. The van der Waals surface area contributed by atoms with Crippen LogP contribution in [0.2, 0.25) is 10.0 Å². The molecular formula is C14H8Cl2N2OS2. The average Bonchev–Trinajstić information content (AvgIpc) is 3.07. The van der Waals surface area contributed by atoms with Gasteiger partial charge in [0.25, 0.3) is 5.91 Å². The lowest BCUT2D eigenvalue weighted by Gasteiger charge is -1.96. The maximum absolute atomic E-state index is 12.1. The number of hydrogen-bond acceptors (Lipinski definition) is 4. The number of hydrazone groups is 1. The van der Waals surface area contributed by atoms with E-state index in [1.165, 1.54) is 11.3 Å². The van der Waals surface area contributed by atoms with E-state index < -0.39 is 0 Å². The molecule has 2 heterocycles. The van der Waals surface area contributed by atoms with E-state index in [4.69, 9.17) is 23.2 Å². The van der Waals surface area contributed by atoms with Gasteiger partial charge >= 0.3 is 0 Å². The minimum atomic E-state index is -0.329. The second kappa shape index (κ2) is 6.15. The van der Waals surface area contributed by atoms with Gasteiger partial charge in [-0.3, -0.25) is 4.79 Å². The molecule has 21 heavy (non-hydrogen) atoms. The molecule has 1 amide bonds. The van der Waals surface area contributed by atoms with Crippen molar-refractivity contribution >= 4 is 68.1 Å². The Kier molecular flexibility index (Phi) is 4.26. The number of halogens is 2. The third-order valence-corrected chi connectivity index (χ3v) is 5.40. The van der Waals surface area contributed by atoms with E-state index in [1.807, 2.05) is 23.6 Å². The Balaban J connectivity index is 1.83. The van der Waals surface area contributed by atoms with Gasteiger partial charge in [0.2, 0.25) is 0 Å². The van der Waals surface area contributed by atoms with Gasteiger partial charge in [0, 0.05) is 20.0 Å². The molecule has 2 aromatic heterocycles. The van der Waals surface area contributed by atoms with Crippen LogP contribution >= 0.6 is 45.9 Å². The number of amides is 1. The summed E-state index contributed by atoms with van der Waals surface area (Å²) in [5, 5.41) is 7.73. The first kappa shape index (κ1) is 14.5. The van der Waals surface area contributed by atoms with Gasteiger partial charge in [-0.1, -0.05) is 35.3 Å². The molecule has 0 bridgehead atoms. The smallest absolute Gasteiger partial charge is 0.266 e. The third kappa shape index (κ3) is 3.11. The Hall–Kier alpha value is -1.40. The van der Waals surface area contributed by atoms with Gasteiger partial charge in [-0.25, -0.2) is 5.43 Å². The number of nitrogens with one attached hydrogen (secondary N) is 1. The minimum absolute atomic E-state index is 0.329. The number of carbonyl (C=O) groups excluding carboxylic acids is 1. The van der Waals surface area contributed by atoms with Crippen molar-refractivity contribution in [2.24, 2.45) is 5.10 Å². The standard InChI is InChI=1S/C14H8Cl2N2OS2/c15-8-3-4-10-11(6-8)21-13(12(10)16)14(19)18-17-7-9-2-1-5-20-9/h1-7H,(H,18,19)/b17-7-. The summed E-state index contributed by atoms with van der Waals surface area (Å²) in [7, 11) is 0. The second-order valence-corrected chi connectivity index (χ2v) is 6.95. The summed E-state index contributed by atoms with van der Waals surface area (Å²) >= 11 is 15.0. The molecule has 0 aliphatic carbocycles. The van der Waals surface area contributed by atoms with Crippen LogP contribution in [0, 0.1) is 0 Å². The Morgan fingerprint density at radius 3 is 2.90 bits per heavy atom. The number of rotatable bonds is 3. The van der Waals surface area contributed by atoms with Crippen LogP contribution in [0.5, 0.6) is 0 Å². The van der Waals surface area contributed by atoms with Gasteiger partial charge in [0.15, 0.2) is 0 Å². The number of fused-ring (bicyclic) bond motifs is 1. The summed E-state index contributed by atoms with van der Waals surface area (Å²) in [6.07, 6.45) is 1.60. The Bertz CT molecular complexity index is 825. The van der Waals surface area contributed by atoms with Crippen LogP contribution in [0.3, 0.4) is 0 Å². The quantitative estimate of drug-likeness (QED) is 0.519. The van der Waals surface area contributed by atoms with Crippen molar-refractivity contribution in [3.05, 3.63) is 55.5 Å². The van der Waals surface area contributed by atoms with Gasteiger partial charge in [0.05, 0.1) is 11.2 Å². The maximum atomic E-state index is 12.1. The number of thiophene rings is 2. The molecule has 0 saturated heterocycles. The van der Waals surface area contributed by atoms with E-state index in [0.29, 0.717) is 14.9 Å². The van der Waals surface area contributed by atoms with Gasteiger partial charge in [-0.2, -0.15) is 5.10 Å². The molecule has 3 nitrogen and oxygen atoms in total. The van der Waals surface area contributed by atoms with Crippen molar-refractivity contribution in [3.63, 3.8) is 0 Å². The molecular weight excluding hydrogens is 347 g/mol. The normalized spacial score (nSPS) is 11.3. The zero-order valence-corrected chi connectivity index (χ0v) is 13.6. The second-order valence-electron chi connectivity index (χ2n) is 4.10. The summed E-state index contributed by atoms with van der Waals surface area (Å²) in [4.78, 5) is 13.5. The fourth-order valence-corrected chi connectivity index (χ4v) is 4.02. The highest BCUT2D eigenvalue weighted by Gasteiger charge is 2.16. The minimum Gasteiger partial charge on any atom is -0.266 e. The highest BCUT2D eigenvalue weighted by Crippen LogP contribution is 2.36. The first-order valence-electron chi connectivity index (χ1n) is 5.89. The molecule has 0 fully saturated rings. The molecule has 7 heteroatoms. The van der Waals surface area contributed by atoms with Crippen LogP contribution in [-0.4, -0.2) is 12.1 Å². The van der Waals surface area contributed by atoms with Crippen LogP contribution < -0.4 is 5.43 Å². The fraction of sp³-hybridized carbons (Fsp3) is 0. The van der Waals surface area contributed by atoms with Crippen LogP contribution in [0.25, 0.3) is 10.1 Å². The molecule has 106 valence electrons. The number of benzene rings is 1. The monoisotopic (exact) mass is 354 g/mol. The molecule has 1 aromatic carbocycles. The maximum Gasteiger partial charge on any atom is 0.283 e. The summed E-state index contributed by atoms with van der Waals surface area (Å²) in [5.41, 5.74) is 2.48. The predicted molar refractivity (Wildman–Crippen MR) is 91.2 cm³/mol.